The molecule has 2 rings (SSSR count). The molecule has 0 spiro atoms. The van der Waals surface area contributed by atoms with Gasteiger partial charge < -0.3 is 15.5 Å². The maximum atomic E-state index is 12.5. The monoisotopic (exact) mass is 281 g/mol. The first-order valence-electron chi connectivity index (χ1n) is 8.55. The van der Waals surface area contributed by atoms with E-state index in [-0.39, 0.29) is 6.03 Å². The number of amides is 2. The lowest BCUT2D eigenvalue weighted by Crippen LogP contribution is -2.48. The van der Waals surface area contributed by atoms with Crippen molar-refractivity contribution in [2.24, 2.45) is 5.92 Å². The zero-order valence-corrected chi connectivity index (χ0v) is 13.0. The van der Waals surface area contributed by atoms with Gasteiger partial charge in [-0.25, -0.2) is 4.79 Å². The molecule has 20 heavy (non-hydrogen) atoms. The molecule has 1 saturated carbocycles. The zero-order valence-electron chi connectivity index (χ0n) is 13.0. The number of nitrogens with zero attached hydrogens (tertiary/aromatic N) is 1. The number of carbonyl (C=O) groups is 1. The molecule has 0 atom stereocenters. The molecule has 0 bridgehead atoms. The second-order valence-electron chi connectivity index (χ2n) is 6.42. The number of carbonyl (C=O) groups excluding carboxylic acids is 1. The Morgan fingerprint density at radius 2 is 1.85 bits per heavy atom. The molecule has 0 aromatic carbocycles. The molecule has 0 radical (unpaired) electrons. The lowest BCUT2D eigenvalue weighted by molar-refractivity contribution is 0.173. The summed E-state index contributed by atoms with van der Waals surface area (Å²) in [5.74, 6) is 0.680. The molecule has 2 fully saturated rings. The van der Waals surface area contributed by atoms with Gasteiger partial charge in [-0.05, 0) is 51.1 Å². The van der Waals surface area contributed by atoms with Crippen molar-refractivity contribution >= 4 is 6.03 Å². The molecule has 1 aliphatic heterocycles. The highest BCUT2D eigenvalue weighted by molar-refractivity contribution is 5.74. The van der Waals surface area contributed by atoms with Crippen LogP contribution in [0.1, 0.15) is 58.3 Å². The van der Waals surface area contributed by atoms with Crippen molar-refractivity contribution in [1.82, 2.24) is 15.5 Å². The van der Waals surface area contributed by atoms with Crippen LogP contribution in [0.4, 0.5) is 4.79 Å². The summed E-state index contributed by atoms with van der Waals surface area (Å²) in [5, 5.41) is 6.66. The van der Waals surface area contributed by atoms with Crippen LogP contribution in [0.5, 0.6) is 0 Å². The van der Waals surface area contributed by atoms with Crippen molar-refractivity contribution < 1.29 is 4.79 Å². The highest BCUT2D eigenvalue weighted by atomic mass is 16.2. The Kier molecular flexibility index (Phi) is 6.64. The Hall–Kier alpha value is -0.770. The first kappa shape index (κ1) is 15.6. The molecule has 1 saturated heterocycles. The van der Waals surface area contributed by atoms with E-state index >= 15 is 0 Å². The molecule has 0 aromatic heterocycles. The number of hydrogen-bond donors (Lipinski definition) is 2. The van der Waals surface area contributed by atoms with Gasteiger partial charge in [0.05, 0.1) is 0 Å². The van der Waals surface area contributed by atoms with Crippen LogP contribution >= 0.6 is 0 Å². The molecule has 4 nitrogen and oxygen atoms in total. The van der Waals surface area contributed by atoms with Gasteiger partial charge in [0.25, 0.3) is 0 Å². The number of urea groups is 1. The highest BCUT2D eigenvalue weighted by Crippen LogP contribution is 2.18. The van der Waals surface area contributed by atoms with E-state index in [1.54, 1.807) is 0 Å². The molecule has 2 amide bonds. The van der Waals surface area contributed by atoms with Gasteiger partial charge >= 0.3 is 6.03 Å². The third kappa shape index (κ3) is 4.97. The zero-order chi connectivity index (χ0) is 14.2. The van der Waals surface area contributed by atoms with E-state index < -0.39 is 0 Å². The fourth-order valence-electron chi connectivity index (χ4n) is 3.43. The van der Waals surface area contributed by atoms with Crippen molar-refractivity contribution in [3.63, 3.8) is 0 Å². The van der Waals surface area contributed by atoms with E-state index in [1.165, 1.54) is 44.9 Å². The summed E-state index contributed by atoms with van der Waals surface area (Å²) in [5.41, 5.74) is 0. The summed E-state index contributed by atoms with van der Waals surface area (Å²) in [4.78, 5) is 14.5. The minimum Gasteiger partial charge on any atom is -0.335 e. The van der Waals surface area contributed by atoms with Gasteiger partial charge in [0, 0.05) is 19.1 Å². The molecule has 116 valence electrons. The lowest BCUT2D eigenvalue weighted by atomic mass is 9.95. The fraction of sp³-hybridized carbons (Fsp3) is 0.938. The van der Waals surface area contributed by atoms with Crippen LogP contribution in [-0.2, 0) is 0 Å². The summed E-state index contributed by atoms with van der Waals surface area (Å²) < 4.78 is 0. The molecule has 1 aliphatic carbocycles. The molecule has 4 heteroatoms. The first-order chi connectivity index (χ1) is 9.79. The number of nitrogens with one attached hydrogen (secondary N) is 2. The molecule has 2 aliphatic rings. The molecular weight excluding hydrogens is 250 g/mol. The lowest BCUT2D eigenvalue weighted by Gasteiger charge is -2.32. The van der Waals surface area contributed by atoms with E-state index in [4.69, 9.17) is 0 Å². The minimum atomic E-state index is 0.178. The van der Waals surface area contributed by atoms with Gasteiger partial charge in [-0.2, -0.15) is 0 Å². The Labute approximate surface area is 123 Å². The largest absolute Gasteiger partial charge is 0.335 e. The van der Waals surface area contributed by atoms with Gasteiger partial charge in [-0.3, -0.25) is 0 Å². The molecule has 2 N–H and O–H groups in total. The van der Waals surface area contributed by atoms with E-state index in [0.29, 0.717) is 12.0 Å². The fourth-order valence-corrected chi connectivity index (χ4v) is 3.43. The van der Waals surface area contributed by atoms with Crippen LogP contribution in [0.15, 0.2) is 0 Å². The number of hydrogen-bond acceptors (Lipinski definition) is 2. The predicted octanol–water partition coefficient (Wildman–Crippen LogP) is 2.74. The van der Waals surface area contributed by atoms with Crippen molar-refractivity contribution in [1.29, 1.82) is 0 Å². The van der Waals surface area contributed by atoms with Gasteiger partial charge in [0.1, 0.15) is 0 Å². The van der Waals surface area contributed by atoms with Crippen LogP contribution in [0.25, 0.3) is 0 Å². The summed E-state index contributed by atoms with van der Waals surface area (Å²) in [6, 6.07) is 0.598. The average molecular weight is 281 g/mol. The minimum absolute atomic E-state index is 0.178. The standard InChI is InChI=1S/C16H31N3O/c1-2-12-19(13-14-8-10-17-11-9-14)16(20)18-15-6-4-3-5-7-15/h14-15,17H,2-13H2,1H3,(H,18,20). The van der Waals surface area contributed by atoms with Crippen LogP contribution < -0.4 is 10.6 Å². The average Bonchev–Trinajstić information content (AvgIpc) is 2.49. The van der Waals surface area contributed by atoms with E-state index in [9.17, 15) is 4.79 Å². The summed E-state index contributed by atoms with van der Waals surface area (Å²) in [6.45, 7) is 6.20. The van der Waals surface area contributed by atoms with Gasteiger partial charge in [-0.1, -0.05) is 26.2 Å². The second-order valence-corrected chi connectivity index (χ2v) is 6.42. The second kappa shape index (κ2) is 8.50. The third-order valence-electron chi connectivity index (χ3n) is 4.65. The molecule has 1 heterocycles. The van der Waals surface area contributed by atoms with Crippen LogP contribution in [0.2, 0.25) is 0 Å². The third-order valence-corrected chi connectivity index (χ3v) is 4.65. The molecule has 0 aromatic rings. The van der Waals surface area contributed by atoms with Gasteiger partial charge in [0.15, 0.2) is 0 Å². The van der Waals surface area contributed by atoms with Crippen LogP contribution in [-0.4, -0.2) is 43.2 Å². The Morgan fingerprint density at radius 1 is 1.15 bits per heavy atom. The normalized spacial score (nSPS) is 21.6. The van der Waals surface area contributed by atoms with Crippen LogP contribution in [0, 0.1) is 5.92 Å². The molecule has 0 unspecified atom stereocenters. The number of rotatable bonds is 5. The molecular formula is C16H31N3O. The summed E-state index contributed by atoms with van der Waals surface area (Å²) in [6.07, 6.45) is 9.66. The Bertz CT molecular complexity index is 283. The summed E-state index contributed by atoms with van der Waals surface area (Å²) in [7, 11) is 0. The summed E-state index contributed by atoms with van der Waals surface area (Å²) >= 11 is 0. The van der Waals surface area contributed by atoms with Crippen molar-refractivity contribution in [2.75, 3.05) is 26.2 Å². The first-order valence-corrected chi connectivity index (χ1v) is 8.55. The van der Waals surface area contributed by atoms with Gasteiger partial charge in [-0.15, -0.1) is 0 Å². The van der Waals surface area contributed by atoms with Crippen LogP contribution in [0.3, 0.4) is 0 Å². The van der Waals surface area contributed by atoms with Crippen molar-refractivity contribution in [2.45, 2.75) is 64.3 Å². The SMILES string of the molecule is CCCN(CC1CCNCC1)C(=O)NC1CCCCC1. The predicted molar refractivity (Wildman–Crippen MR) is 82.9 cm³/mol. The highest BCUT2D eigenvalue weighted by Gasteiger charge is 2.22. The maximum Gasteiger partial charge on any atom is 0.317 e. The number of piperidine rings is 1. The maximum absolute atomic E-state index is 12.5. The van der Waals surface area contributed by atoms with E-state index in [0.717, 1.165) is 32.6 Å². The Balaban J connectivity index is 1.80. The topological polar surface area (TPSA) is 44.4 Å². The Morgan fingerprint density at radius 3 is 2.50 bits per heavy atom. The van der Waals surface area contributed by atoms with Crippen molar-refractivity contribution in [3.8, 4) is 0 Å². The smallest absolute Gasteiger partial charge is 0.317 e. The van der Waals surface area contributed by atoms with E-state index in [1.807, 2.05) is 0 Å². The van der Waals surface area contributed by atoms with Crippen molar-refractivity contribution in [3.05, 3.63) is 0 Å². The van der Waals surface area contributed by atoms with Gasteiger partial charge in [0.2, 0.25) is 0 Å². The quantitative estimate of drug-likeness (QED) is 0.814. The van der Waals surface area contributed by atoms with E-state index in [2.05, 4.69) is 22.5 Å².